The van der Waals surface area contributed by atoms with Gasteiger partial charge in [0.2, 0.25) is 11.1 Å². The molecule has 0 spiro atoms. The number of hydrogen-bond acceptors (Lipinski definition) is 6. The fraction of sp³-hybridized carbons (Fsp3) is 0.308. The van der Waals surface area contributed by atoms with E-state index in [1.807, 2.05) is 6.92 Å². The summed E-state index contributed by atoms with van der Waals surface area (Å²) < 4.78 is 10.3. The lowest BCUT2D eigenvalue weighted by Crippen LogP contribution is -2.13. The quantitative estimate of drug-likeness (QED) is 0.795. The molecule has 0 bridgehead atoms. The van der Waals surface area contributed by atoms with E-state index in [1.165, 1.54) is 26.0 Å². The van der Waals surface area contributed by atoms with Crippen LogP contribution in [0.4, 0.5) is 5.95 Å². The summed E-state index contributed by atoms with van der Waals surface area (Å²) in [5.74, 6) is 1.92. The van der Waals surface area contributed by atoms with Crippen LogP contribution >= 0.6 is 11.8 Å². The molecular weight excluding hydrogens is 292 g/mol. The largest absolute Gasteiger partial charge is 0.497 e. The van der Waals surface area contributed by atoms with Crippen molar-refractivity contribution in [3.8, 4) is 11.5 Å². The van der Waals surface area contributed by atoms with Gasteiger partial charge in [-0.2, -0.15) is 4.98 Å². The molecule has 2 aromatic rings. The number of aromatic amines is 1. The molecular formula is C13H16N4O3S. The van der Waals surface area contributed by atoms with Crippen LogP contribution in [0.5, 0.6) is 11.5 Å². The molecule has 0 radical (unpaired) electrons. The molecule has 7 nitrogen and oxygen atoms in total. The fourth-order valence-corrected chi connectivity index (χ4v) is 2.14. The molecule has 0 atom stereocenters. The highest BCUT2D eigenvalue weighted by Crippen LogP contribution is 2.23. The van der Waals surface area contributed by atoms with Gasteiger partial charge in [-0.25, -0.2) is 5.10 Å². The number of carbonyl (C=O) groups excluding carboxylic acids is 1. The highest BCUT2D eigenvalue weighted by atomic mass is 32.2. The fourth-order valence-electron chi connectivity index (χ4n) is 1.61. The number of amides is 1. The Balaban J connectivity index is 2.15. The van der Waals surface area contributed by atoms with Crippen molar-refractivity contribution in [3.05, 3.63) is 23.8 Å². The summed E-state index contributed by atoms with van der Waals surface area (Å²) in [6.07, 6.45) is 0. The Labute approximate surface area is 126 Å². The van der Waals surface area contributed by atoms with Crippen LogP contribution in [0.2, 0.25) is 0 Å². The summed E-state index contributed by atoms with van der Waals surface area (Å²) in [6.45, 7) is 2.00. The maximum atomic E-state index is 12.2. The number of aromatic nitrogens is 3. The highest BCUT2D eigenvalue weighted by molar-refractivity contribution is 7.99. The van der Waals surface area contributed by atoms with Crippen molar-refractivity contribution in [2.75, 3.05) is 25.3 Å². The highest BCUT2D eigenvalue weighted by Gasteiger charge is 2.12. The maximum Gasteiger partial charge on any atom is 0.258 e. The Bertz CT molecular complexity index is 607. The Morgan fingerprint density at radius 3 is 2.52 bits per heavy atom. The van der Waals surface area contributed by atoms with Crippen molar-refractivity contribution >= 4 is 23.6 Å². The molecule has 0 aliphatic carbocycles. The number of nitrogens with one attached hydrogen (secondary N) is 2. The van der Waals surface area contributed by atoms with Crippen molar-refractivity contribution in [2.24, 2.45) is 0 Å². The van der Waals surface area contributed by atoms with Gasteiger partial charge in [0.1, 0.15) is 11.5 Å². The number of benzene rings is 1. The first-order valence-electron chi connectivity index (χ1n) is 6.26. The second-order valence-electron chi connectivity index (χ2n) is 3.96. The molecule has 1 aromatic heterocycles. The number of thioether (sulfide) groups is 1. The third kappa shape index (κ3) is 3.88. The minimum atomic E-state index is -0.323. The minimum Gasteiger partial charge on any atom is -0.497 e. The lowest BCUT2D eigenvalue weighted by Gasteiger charge is -2.07. The van der Waals surface area contributed by atoms with E-state index < -0.39 is 0 Å². The van der Waals surface area contributed by atoms with Gasteiger partial charge in [0.15, 0.2) is 0 Å². The van der Waals surface area contributed by atoms with Gasteiger partial charge in [0, 0.05) is 11.6 Å². The number of anilines is 1. The molecule has 0 aliphatic heterocycles. The molecule has 1 heterocycles. The van der Waals surface area contributed by atoms with E-state index in [4.69, 9.17) is 9.47 Å². The smallest absolute Gasteiger partial charge is 0.258 e. The molecule has 112 valence electrons. The first kappa shape index (κ1) is 15.2. The lowest BCUT2D eigenvalue weighted by atomic mass is 10.2. The molecule has 8 heteroatoms. The van der Waals surface area contributed by atoms with E-state index in [9.17, 15) is 4.79 Å². The van der Waals surface area contributed by atoms with Gasteiger partial charge in [-0.3, -0.25) is 10.1 Å². The van der Waals surface area contributed by atoms with Crippen LogP contribution in [0.1, 0.15) is 17.3 Å². The monoisotopic (exact) mass is 308 g/mol. The van der Waals surface area contributed by atoms with Crippen LogP contribution in [0.15, 0.2) is 23.4 Å². The molecule has 2 rings (SSSR count). The summed E-state index contributed by atoms with van der Waals surface area (Å²) in [7, 11) is 3.06. The molecule has 0 saturated carbocycles. The number of ether oxygens (including phenoxy) is 2. The zero-order valence-electron chi connectivity index (χ0n) is 12.0. The normalized spacial score (nSPS) is 10.2. The van der Waals surface area contributed by atoms with Gasteiger partial charge in [0.25, 0.3) is 5.91 Å². The van der Waals surface area contributed by atoms with E-state index in [0.717, 1.165) is 5.75 Å². The van der Waals surface area contributed by atoms with E-state index in [0.29, 0.717) is 28.2 Å². The van der Waals surface area contributed by atoms with Gasteiger partial charge in [-0.05, 0) is 17.9 Å². The molecule has 1 aromatic carbocycles. The molecule has 0 saturated heterocycles. The summed E-state index contributed by atoms with van der Waals surface area (Å²) >= 11 is 1.49. The minimum absolute atomic E-state index is 0.303. The van der Waals surface area contributed by atoms with Crippen molar-refractivity contribution < 1.29 is 14.3 Å². The molecule has 1 amide bonds. The zero-order valence-corrected chi connectivity index (χ0v) is 12.8. The van der Waals surface area contributed by atoms with Crippen molar-refractivity contribution in [1.29, 1.82) is 0 Å². The predicted octanol–water partition coefficient (Wildman–Crippen LogP) is 2.19. The van der Waals surface area contributed by atoms with E-state index >= 15 is 0 Å². The number of nitrogens with zero attached hydrogens (tertiary/aromatic N) is 2. The van der Waals surface area contributed by atoms with Gasteiger partial charge < -0.3 is 9.47 Å². The van der Waals surface area contributed by atoms with Crippen molar-refractivity contribution in [2.45, 2.75) is 12.1 Å². The number of H-pyrrole nitrogens is 1. The van der Waals surface area contributed by atoms with Gasteiger partial charge in [0.05, 0.1) is 14.2 Å². The Kier molecular flexibility index (Phi) is 5.04. The van der Waals surface area contributed by atoms with Crippen molar-refractivity contribution in [3.63, 3.8) is 0 Å². The third-order valence-corrected chi connectivity index (χ3v) is 3.31. The number of methoxy groups -OCH3 is 2. The van der Waals surface area contributed by atoms with E-state index in [-0.39, 0.29) is 5.91 Å². The van der Waals surface area contributed by atoms with Crippen LogP contribution in [-0.2, 0) is 0 Å². The SMILES string of the molecule is CCSc1n[nH]c(NC(=O)c2cc(OC)cc(OC)c2)n1. The predicted molar refractivity (Wildman–Crippen MR) is 80.3 cm³/mol. The first-order chi connectivity index (χ1) is 10.2. The lowest BCUT2D eigenvalue weighted by molar-refractivity contribution is 0.102. The molecule has 21 heavy (non-hydrogen) atoms. The second kappa shape index (κ2) is 6.98. The Hall–Kier alpha value is -2.22. The van der Waals surface area contributed by atoms with Crippen LogP contribution in [-0.4, -0.2) is 41.1 Å². The Morgan fingerprint density at radius 1 is 1.29 bits per heavy atom. The van der Waals surface area contributed by atoms with Crippen LogP contribution in [0.25, 0.3) is 0 Å². The van der Waals surface area contributed by atoms with Gasteiger partial charge in [-0.1, -0.05) is 18.7 Å². The van der Waals surface area contributed by atoms with Crippen LogP contribution in [0, 0.1) is 0 Å². The van der Waals surface area contributed by atoms with Gasteiger partial charge >= 0.3 is 0 Å². The summed E-state index contributed by atoms with van der Waals surface area (Å²) in [5.41, 5.74) is 0.410. The number of hydrogen-bond donors (Lipinski definition) is 2. The third-order valence-electron chi connectivity index (χ3n) is 2.58. The number of carbonyl (C=O) groups is 1. The average Bonchev–Trinajstić information content (AvgIpc) is 2.94. The Morgan fingerprint density at radius 2 is 1.95 bits per heavy atom. The molecule has 0 fully saturated rings. The topological polar surface area (TPSA) is 89.1 Å². The van der Waals surface area contributed by atoms with Crippen LogP contribution < -0.4 is 14.8 Å². The van der Waals surface area contributed by atoms with Crippen molar-refractivity contribution in [1.82, 2.24) is 15.2 Å². The zero-order chi connectivity index (χ0) is 15.2. The average molecular weight is 308 g/mol. The van der Waals surface area contributed by atoms with E-state index in [1.54, 1.807) is 18.2 Å². The molecule has 0 aliphatic rings. The molecule has 0 unspecified atom stereocenters. The van der Waals surface area contributed by atoms with E-state index in [2.05, 4.69) is 20.5 Å². The number of rotatable bonds is 6. The van der Waals surface area contributed by atoms with Gasteiger partial charge in [-0.15, -0.1) is 5.10 Å². The first-order valence-corrected chi connectivity index (χ1v) is 7.24. The second-order valence-corrected chi connectivity index (χ2v) is 5.19. The summed E-state index contributed by atoms with van der Waals surface area (Å²) in [6, 6.07) is 4.94. The summed E-state index contributed by atoms with van der Waals surface area (Å²) in [5, 5.41) is 9.90. The molecule has 2 N–H and O–H groups in total. The standard InChI is InChI=1S/C13H16N4O3S/c1-4-21-13-15-12(16-17-13)14-11(18)8-5-9(19-2)7-10(6-8)20-3/h5-7H,4H2,1-3H3,(H2,14,15,16,17,18). The summed E-state index contributed by atoms with van der Waals surface area (Å²) in [4.78, 5) is 16.4. The van der Waals surface area contributed by atoms with Crippen LogP contribution in [0.3, 0.4) is 0 Å². The maximum absolute atomic E-state index is 12.2.